The molecule has 10 aromatic rings. The molecule has 1 fully saturated rings. The number of hydrogen-bond acceptors (Lipinski definition) is 1. The van der Waals surface area contributed by atoms with E-state index < -0.39 is 5.41 Å². The topological polar surface area (TPSA) is 3.24 Å². The molecule has 1 unspecified atom stereocenters. The third kappa shape index (κ3) is 6.08. The summed E-state index contributed by atoms with van der Waals surface area (Å²) in [5.41, 5.74) is 20.9. The summed E-state index contributed by atoms with van der Waals surface area (Å²) in [4.78, 5) is 2.57. The second kappa shape index (κ2) is 16.2. The second-order valence-electron chi connectivity index (χ2n) is 19.5. The molecule has 68 heavy (non-hydrogen) atoms. The van der Waals surface area contributed by atoms with Crippen molar-refractivity contribution in [3.63, 3.8) is 0 Å². The van der Waals surface area contributed by atoms with Crippen LogP contribution in [0.15, 0.2) is 237 Å². The lowest BCUT2D eigenvalue weighted by atomic mass is 9.67. The van der Waals surface area contributed by atoms with Crippen LogP contribution in [0.1, 0.15) is 89.5 Å². The van der Waals surface area contributed by atoms with Gasteiger partial charge in [0.2, 0.25) is 0 Å². The monoisotopic (exact) mass is 871 g/mol. The molecule has 3 aliphatic carbocycles. The average Bonchev–Trinajstić information content (AvgIpc) is 3.86. The molecule has 10 aromatic carbocycles. The maximum Gasteiger partial charge on any atom is 0.0714 e. The predicted molar refractivity (Wildman–Crippen MR) is 285 cm³/mol. The van der Waals surface area contributed by atoms with E-state index in [1.807, 2.05) is 0 Å². The minimum Gasteiger partial charge on any atom is -0.310 e. The van der Waals surface area contributed by atoms with Gasteiger partial charge in [0.1, 0.15) is 0 Å². The highest BCUT2D eigenvalue weighted by Gasteiger charge is 2.46. The predicted octanol–water partition coefficient (Wildman–Crippen LogP) is 17.7. The van der Waals surface area contributed by atoms with Crippen LogP contribution in [-0.2, 0) is 10.8 Å². The highest BCUT2D eigenvalue weighted by molar-refractivity contribution is 6.04. The van der Waals surface area contributed by atoms with E-state index in [0.717, 1.165) is 17.1 Å². The number of nitrogens with zero attached hydrogens (tertiary/aromatic N) is 1. The summed E-state index contributed by atoms with van der Waals surface area (Å²) >= 11 is 0. The fourth-order valence-corrected chi connectivity index (χ4v) is 13.0. The summed E-state index contributed by atoms with van der Waals surface area (Å²) in [5, 5.41) is 2.71. The van der Waals surface area contributed by atoms with Gasteiger partial charge in [-0.25, -0.2) is 0 Å². The number of benzene rings is 10. The molecular weight excluding hydrogens is 819 g/mol. The zero-order valence-corrected chi connectivity index (χ0v) is 38.6. The Balaban J connectivity index is 1.09. The van der Waals surface area contributed by atoms with E-state index >= 15 is 0 Å². The number of anilines is 3. The number of fused-ring (bicyclic) bond motifs is 7. The first-order valence-electron chi connectivity index (χ1n) is 24.7. The smallest absolute Gasteiger partial charge is 0.0714 e. The van der Waals surface area contributed by atoms with Crippen LogP contribution in [0.25, 0.3) is 44.2 Å². The van der Waals surface area contributed by atoms with E-state index in [-0.39, 0.29) is 5.41 Å². The van der Waals surface area contributed by atoms with Crippen molar-refractivity contribution in [1.29, 1.82) is 0 Å². The van der Waals surface area contributed by atoms with Gasteiger partial charge in [-0.15, -0.1) is 0 Å². The van der Waals surface area contributed by atoms with Crippen LogP contribution in [0.2, 0.25) is 0 Å². The molecule has 0 heterocycles. The number of rotatable bonds is 8. The van der Waals surface area contributed by atoms with Crippen molar-refractivity contribution >= 4 is 27.8 Å². The first kappa shape index (κ1) is 40.5. The van der Waals surface area contributed by atoms with Crippen molar-refractivity contribution in [2.24, 2.45) is 0 Å². The van der Waals surface area contributed by atoms with Gasteiger partial charge in [-0.3, -0.25) is 0 Å². The Kier molecular flexibility index (Phi) is 9.68. The van der Waals surface area contributed by atoms with E-state index in [9.17, 15) is 0 Å². The van der Waals surface area contributed by atoms with Crippen LogP contribution in [0, 0.1) is 0 Å². The summed E-state index contributed by atoms with van der Waals surface area (Å²) in [6.45, 7) is 2.43. The van der Waals surface area contributed by atoms with E-state index in [2.05, 4.69) is 248 Å². The Morgan fingerprint density at radius 1 is 0.368 bits per heavy atom. The number of para-hydroxylation sites is 1. The third-order valence-corrected chi connectivity index (χ3v) is 16.0. The van der Waals surface area contributed by atoms with Crippen molar-refractivity contribution in [1.82, 2.24) is 0 Å². The molecule has 13 rings (SSSR count). The summed E-state index contributed by atoms with van der Waals surface area (Å²) in [6, 6.07) is 89.4. The van der Waals surface area contributed by atoms with E-state index in [4.69, 9.17) is 0 Å². The molecule has 0 N–H and O–H groups in total. The molecular formula is C67H53N. The highest BCUT2D eigenvalue weighted by Crippen LogP contribution is 2.58. The average molecular weight is 872 g/mol. The Labute approximate surface area is 401 Å². The summed E-state index contributed by atoms with van der Waals surface area (Å²) < 4.78 is 0. The van der Waals surface area contributed by atoms with Crippen molar-refractivity contribution in [2.75, 3.05) is 4.90 Å². The molecule has 1 heteroatoms. The molecule has 0 saturated heterocycles. The van der Waals surface area contributed by atoms with Crippen LogP contribution >= 0.6 is 0 Å². The third-order valence-electron chi connectivity index (χ3n) is 16.0. The normalized spacial score (nSPS) is 16.7. The Hall–Kier alpha value is -7.74. The van der Waals surface area contributed by atoms with Crippen LogP contribution in [0.4, 0.5) is 17.1 Å². The Morgan fingerprint density at radius 3 is 1.59 bits per heavy atom. The van der Waals surface area contributed by atoms with Gasteiger partial charge in [0, 0.05) is 22.4 Å². The quantitative estimate of drug-likeness (QED) is 0.147. The summed E-state index contributed by atoms with van der Waals surface area (Å²) in [5.74, 6) is 0.564. The molecule has 3 aliphatic rings. The van der Waals surface area contributed by atoms with Crippen molar-refractivity contribution in [3.05, 3.63) is 281 Å². The first-order chi connectivity index (χ1) is 33.6. The lowest BCUT2D eigenvalue weighted by molar-refractivity contribution is 0.445. The molecule has 0 spiro atoms. The minimum absolute atomic E-state index is 0.352. The molecule has 1 saturated carbocycles. The van der Waals surface area contributed by atoms with Gasteiger partial charge in [0.15, 0.2) is 0 Å². The van der Waals surface area contributed by atoms with Crippen LogP contribution < -0.4 is 4.90 Å². The largest absolute Gasteiger partial charge is 0.310 e. The van der Waals surface area contributed by atoms with Gasteiger partial charge < -0.3 is 4.90 Å². The highest BCUT2D eigenvalue weighted by atomic mass is 15.1. The van der Waals surface area contributed by atoms with E-state index in [1.165, 1.54) is 121 Å². The second-order valence-corrected chi connectivity index (χ2v) is 19.5. The fourth-order valence-electron chi connectivity index (χ4n) is 13.0. The Morgan fingerprint density at radius 2 is 0.882 bits per heavy atom. The van der Waals surface area contributed by atoms with Gasteiger partial charge >= 0.3 is 0 Å². The molecule has 0 aromatic heterocycles. The van der Waals surface area contributed by atoms with Crippen LogP contribution in [0.3, 0.4) is 0 Å². The molecule has 1 atom stereocenters. The molecule has 0 amide bonds. The maximum atomic E-state index is 2.57. The van der Waals surface area contributed by atoms with Crippen LogP contribution in [0.5, 0.6) is 0 Å². The van der Waals surface area contributed by atoms with Crippen molar-refractivity contribution < 1.29 is 0 Å². The molecule has 1 nitrogen and oxygen atoms in total. The lowest BCUT2D eigenvalue weighted by Crippen LogP contribution is -2.28. The SMILES string of the molecule is CC1(c2ccccc2)c2ccccc2-c2ccc(N(c3cccc(C4(c5ccccc5)c5ccccc5-c5ccccc54)c3)c3ccccc3-c3cccc4cccc(C5CCCCC5)c34)cc21. The fraction of sp³-hybridized carbons (Fsp3) is 0.134. The van der Waals surface area contributed by atoms with Crippen LogP contribution in [-0.4, -0.2) is 0 Å². The van der Waals surface area contributed by atoms with Gasteiger partial charge in [-0.1, -0.05) is 226 Å². The van der Waals surface area contributed by atoms with E-state index in [1.54, 1.807) is 0 Å². The molecule has 0 radical (unpaired) electrons. The zero-order chi connectivity index (χ0) is 45.2. The van der Waals surface area contributed by atoms with Gasteiger partial charge in [-0.05, 0) is 139 Å². The maximum absolute atomic E-state index is 2.57. The lowest BCUT2D eigenvalue weighted by Gasteiger charge is -2.36. The summed E-state index contributed by atoms with van der Waals surface area (Å²) in [6.07, 6.45) is 6.44. The summed E-state index contributed by atoms with van der Waals surface area (Å²) in [7, 11) is 0. The number of hydrogen-bond donors (Lipinski definition) is 0. The van der Waals surface area contributed by atoms with Crippen molar-refractivity contribution in [3.8, 4) is 33.4 Å². The van der Waals surface area contributed by atoms with Gasteiger partial charge in [-0.2, -0.15) is 0 Å². The van der Waals surface area contributed by atoms with E-state index in [0.29, 0.717) is 5.92 Å². The van der Waals surface area contributed by atoms with Crippen molar-refractivity contribution in [2.45, 2.75) is 55.8 Å². The minimum atomic E-state index is -0.536. The van der Waals surface area contributed by atoms with Gasteiger partial charge in [0.05, 0.1) is 11.1 Å². The Bertz CT molecular complexity index is 3470. The molecule has 326 valence electrons. The first-order valence-corrected chi connectivity index (χ1v) is 24.7. The standard InChI is InChI=1S/C67H53N/c1-66(48-26-7-3-8-27-48)60-38-15-11-32-54(60)57-43-42-52(45-63(57)66)68(64-41-18-14-35-58(64)59-37-20-25-47-24-19-36-53(65(47)59)46-22-5-2-6-23-46)51-31-21-30-50(44-51)67(49-28-9-4-10-29-49)61-39-16-12-33-55(61)56-34-13-17-40-62(56)67/h3-4,7-21,24-46H,2,5-6,22-23H2,1H3. The zero-order valence-electron chi connectivity index (χ0n) is 38.6. The molecule has 0 aliphatic heterocycles. The molecule has 0 bridgehead atoms. The van der Waals surface area contributed by atoms with Gasteiger partial charge in [0.25, 0.3) is 0 Å².